The number of rotatable bonds is 5. The molecule has 0 saturated heterocycles. The number of thioether (sulfide) groups is 1. The highest BCUT2D eigenvalue weighted by molar-refractivity contribution is 8.00. The summed E-state index contributed by atoms with van der Waals surface area (Å²) in [4.78, 5) is 27.0. The summed E-state index contributed by atoms with van der Waals surface area (Å²) >= 11 is 3.19. The van der Waals surface area contributed by atoms with Crippen molar-refractivity contribution in [3.8, 4) is 5.75 Å². The van der Waals surface area contributed by atoms with Gasteiger partial charge in [-0.25, -0.2) is 0 Å². The van der Waals surface area contributed by atoms with Crippen molar-refractivity contribution < 1.29 is 9.53 Å². The molecule has 5 nitrogen and oxygen atoms in total. The van der Waals surface area contributed by atoms with E-state index in [1.807, 2.05) is 54.2 Å². The Morgan fingerprint density at radius 2 is 1.85 bits per heavy atom. The van der Waals surface area contributed by atoms with Gasteiger partial charge >= 0.3 is 4.87 Å². The number of carbonyl (C=O) groups is 1. The van der Waals surface area contributed by atoms with Gasteiger partial charge in [0, 0.05) is 21.7 Å². The maximum Gasteiger partial charge on any atom is 0.308 e. The molecule has 3 aliphatic rings. The lowest BCUT2D eigenvalue weighted by atomic mass is 9.75. The quantitative estimate of drug-likeness (QED) is 0.547. The van der Waals surface area contributed by atoms with E-state index in [0.717, 1.165) is 27.3 Å². The normalized spacial score (nSPS) is 27.1. The van der Waals surface area contributed by atoms with Crippen LogP contribution in [0.15, 0.2) is 64.4 Å². The summed E-state index contributed by atoms with van der Waals surface area (Å²) in [5.74, 6) is 2.88. The van der Waals surface area contributed by atoms with Crippen LogP contribution in [0.25, 0.3) is 0 Å². The SMILES string of the molecule is COc1ccc([C@H]2c3sc(=O)n(CC(=O)Nc4ccccc4)c3SC3C4CCC(C4)C32)cc1. The van der Waals surface area contributed by atoms with Crippen molar-refractivity contribution in [2.75, 3.05) is 12.4 Å². The first kappa shape index (κ1) is 21.1. The smallest absolute Gasteiger partial charge is 0.308 e. The average molecular weight is 479 g/mol. The molecule has 2 saturated carbocycles. The van der Waals surface area contributed by atoms with E-state index in [4.69, 9.17) is 4.74 Å². The molecule has 0 spiro atoms. The molecular formula is C26H26N2O3S2. The second-order valence-corrected chi connectivity index (χ2v) is 11.4. The number of amides is 1. The van der Waals surface area contributed by atoms with Crippen molar-refractivity contribution in [2.24, 2.45) is 17.8 Å². The maximum absolute atomic E-state index is 13.1. The Hall–Kier alpha value is -2.51. The molecule has 2 heterocycles. The molecule has 6 rings (SSSR count). The van der Waals surface area contributed by atoms with E-state index in [9.17, 15) is 9.59 Å². The minimum atomic E-state index is -0.166. The van der Waals surface area contributed by atoms with Gasteiger partial charge in [0.25, 0.3) is 0 Å². The molecule has 1 amide bonds. The summed E-state index contributed by atoms with van der Waals surface area (Å²) in [5, 5.41) is 4.44. The standard InChI is InChI=1S/C26H26N2O3S2/c1-31-19-11-9-15(10-12-19)21-22-16-7-8-17(13-16)23(22)32-25-24(21)33-26(30)28(25)14-20(29)27-18-5-3-2-4-6-18/h2-6,9-12,16-17,21-23H,7-8,13-14H2,1H3,(H,27,29)/t16?,17?,21-,22?,23?/m1/s1. The summed E-state index contributed by atoms with van der Waals surface area (Å²) in [5.41, 5.74) is 2.00. The Bertz CT molecular complexity index is 1230. The number of methoxy groups -OCH3 is 1. The van der Waals surface area contributed by atoms with E-state index in [-0.39, 0.29) is 23.2 Å². The van der Waals surface area contributed by atoms with E-state index >= 15 is 0 Å². The Morgan fingerprint density at radius 1 is 1.09 bits per heavy atom. The van der Waals surface area contributed by atoms with Gasteiger partial charge in [0.1, 0.15) is 12.3 Å². The molecular weight excluding hydrogens is 452 g/mol. The molecule has 33 heavy (non-hydrogen) atoms. The van der Waals surface area contributed by atoms with Crippen molar-refractivity contribution in [1.29, 1.82) is 0 Å². The molecule has 170 valence electrons. The predicted octanol–water partition coefficient (Wildman–Crippen LogP) is 5.21. The molecule has 2 bridgehead atoms. The zero-order valence-electron chi connectivity index (χ0n) is 18.4. The molecule has 2 aromatic carbocycles. The van der Waals surface area contributed by atoms with Crippen LogP contribution in [0.5, 0.6) is 5.75 Å². The number of thiazole rings is 1. The number of hydrogen-bond acceptors (Lipinski definition) is 5. The fourth-order valence-electron chi connectivity index (χ4n) is 6.14. The van der Waals surface area contributed by atoms with E-state index in [1.165, 1.54) is 36.2 Å². The molecule has 2 fully saturated rings. The van der Waals surface area contributed by atoms with Crippen molar-refractivity contribution in [2.45, 2.75) is 42.0 Å². The molecule has 1 aromatic heterocycles. The number of para-hydroxylation sites is 1. The topological polar surface area (TPSA) is 60.3 Å². The van der Waals surface area contributed by atoms with E-state index in [2.05, 4.69) is 17.4 Å². The average Bonchev–Trinajstić information content (AvgIpc) is 3.53. The number of anilines is 1. The molecule has 2 aliphatic carbocycles. The highest BCUT2D eigenvalue weighted by Crippen LogP contribution is 2.64. The Labute approximate surface area is 201 Å². The Balaban J connectivity index is 1.37. The van der Waals surface area contributed by atoms with E-state index in [0.29, 0.717) is 17.1 Å². The zero-order chi connectivity index (χ0) is 22.5. The second kappa shape index (κ2) is 8.37. The van der Waals surface area contributed by atoms with Crippen LogP contribution in [0.4, 0.5) is 5.69 Å². The van der Waals surface area contributed by atoms with E-state index in [1.54, 1.807) is 11.7 Å². The lowest BCUT2D eigenvalue weighted by molar-refractivity contribution is -0.116. The van der Waals surface area contributed by atoms with Gasteiger partial charge in [0.2, 0.25) is 5.91 Å². The first-order chi connectivity index (χ1) is 16.1. The number of carbonyl (C=O) groups excluding carboxylic acids is 1. The van der Waals surface area contributed by atoms with Crippen LogP contribution in [0.2, 0.25) is 0 Å². The van der Waals surface area contributed by atoms with Crippen LogP contribution in [0.1, 0.15) is 35.6 Å². The van der Waals surface area contributed by atoms with Gasteiger partial charge in [0.15, 0.2) is 0 Å². The fourth-order valence-corrected chi connectivity index (χ4v) is 9.29. The summed E-state index contributed by atoms with van der Waals surface area (Å²) in [6, 6.07) is 17.8. The lowest BCUT2D eigenvalue weighted by Gasteiger charge is -2.40. The van der Waals surface area contributed by atoms with Crippen molar-refractivity contribution in [3.05, 3.63) is 74.7 Å². The van der Waals surface area contributed by atoms with Crippen LogP contribution in [-0.2, 0) is 11.3 Å². The summed E-state index contributed by atoms with van der Waals surface area (Å²) in [6.07, 6.45) is 3.87. The van der Waals surface area contributed by atoms with Crippen LogP contribution in [-0.4, -0.2) is 22.8 Å². The number of nitrogens with one attached hydrogen (secondary N) is 1. The fraction of sp³-hybridized carbons (Fsp3) is 0.385. The first-order valence-electron chi connectivity index (χ1n) is 11.5. The molecule has 3 aromatic rings. The summed E-state index contributed by atoms with van der Waals surface area (Å²) in [6.45, 7) is 0.0490. The van der Waals surface area contributed by atoms with Gasteiger partial charge in [-0.15, -0.1) is 11.8 Å². The van der Waals surface area contributed by atoms with Gasteiger partial charge in [-0.3, -0.25) is 14.2 Å². The van der Waals surface area contributed by atoms with Crippen LogP contribution < -0.4 is 14.9 Å². The molecule has 5 atom stereocenters. The Morgan fingerprint density at radius 3 is 2.61 bits per heavy atom. The number of fused-ring (bicyclic) bond motifs is 6. The second-order valence-electron chi connectivity index (χ2n) is 9.28. The van der Waals surface area contributed by atoms with Gasteiger partial charge in [-0.2, -0.15) is 0 Å². The maximum atomic E-state index is 13.1. The van der Waals surface area contributed by atoms with Crippen molar-refractivity contribution >= 4 is 34.7 Å². The molecule has 7 heteroatoms. The summed E-state index contributed by atoms with van der Waals surface area (Å²) < 4.78 is 7.09. The minimum Gasteiger partial charge on any atom is -0.497 e. The Kier molecular flexibility index (Phi) is 5.34. The van der Waals surface area contributed by atoms with Crippen LogP contribution >= 0.6 is 23.1 Å². The molecule has 1 N–H and O–H groups in total. The van der Waals surface area contributed by atoms with Gasteiger partial charge in [0.05, 0.1) is 12.1 Å². The van der Waals surface area contributed by atoms with Crippen molar-refractivity contribution in [3.63, 3.8) is 0 Å². The number of ether oxygens (including phenoxy) is 1. The first-order valence-corrected chi connectivity index (χ1v) is 13.2. The number of nitrogens with zero attached hydrogens (tertiary/aromatic N) is 1. The largest absolute Gasteiger partial charge is 0.497 e. The number of hydrogen-bond donors (Lipinski definition) is 1. The minimum absolute atomic E-state index is 0.0402. The highest BCUT2D eigenvalue weighted by atomic mass is 32.2. The summed E-state index contributed by atoms with van der Waals surface area (Å²) in [7, 11) is 1.68. The third kappa shape index (κ3) is 3.62. The van der Waals surface area contributed by atoms with Gasteiger partial charge in [-0.1, -0.05) is 41.7 Å². The third-order valence-corrected chi connectivity index (χ3v) is 10.4. The van der Waals surface area contributed by atoms with Crippen LogP contribution in [0.3, 0.4) is 0 Å². The number of benzene rings is 2. The molecule has 0 radical (unpaired) electrons. The van der Waals surface area contributed by atoms with Crippen molar-refractivity contribution in [1.82, 2.24) is 4.57 Å². The van der Waals surface area contributed by atoms with E-state index < -0.39 is 0 Å². The number of aromatic nitrogens is 1. The molecule has 1 aliphatic heterocycles. The lowest BCUT2D eigenvalue weighted by Crippen LogP contribution is -2.34. The molecule has 4 unspecified atom stereocenters. The monoisotopic (exact) mass is 478 g/mol. The van der Waals surface area contributed by atoms with Gasteiger partial charge < -0.3 is 10.1 Å². The van der Waals surface area contributed by atoms with Gasteiger partial charge in [-0.05, 0) is 66.8 Å². The third-order valence-electron chi connectivity index (χ3n) is 7.52. The highest BCUT2D eigenvalue weighted by Gasteiger charge is 2.55. The zero-order valence-corrected chi connectivity index (χ0v) is 20.0. The predicted molar refractivity (Wildman–Crippen MR) is 132 cm³/mol. The van der Waals surface area contributed by atoms with Crippen LogP contribution in [0, 0.1) is 17.8 Å².